The molecule has 0 atom stereocenters. The number of unbranched alkanes of at least 4 members (excludes halogenated alkanes) is 1. The van der Waals surface area contributed by atoms with Crippen LogP contribution >= 0.6 is 23.1 Å². The van der Waals surface area contributed by atoms with Crippen LogP contribution in [0.25, 0.3) is 10.2 Å². The van der Waals surface area contributed by atoms with Crippen molar-refractivity contribution in [2.45, 2.75) is 51.1 Å². The van der Waals surface area contributed by atoms with Crippen LogP contribution in [0.4, 0.5) is 0 Å². The van der Waals surface area contributed by atoms with Gasteiger partial charge in [0.2, 0.25) is 0 Å². The maximum absolute atomic E-state index is 13.0. The minimum atomic E-state index is 0.0794. The van der Waals surface area contributed by atoms with E-state index in [9.17, 15) is 4.79 Å². The lowest BCUT2D eigenvalue weighted by molar-refractivity contribution is 0.558. The normalized spacial score (nSPS) is 11.5. The van der Waals surface area contributed by atoms with Crippen LogP contribution < -0.4 is 5.56 Å². The number of thiophene rings is 1. The summed E-state index contributed by atoms with van der Waals surface area (Å²) in [6.07, 6.45) is 3.55. The van der Waals surface area contributed by atoms with Crippen LogP contribution in [0, 0.1) is 13.8 Å². The molecule has 0 N–H and O–H groups in total. The Morgan fingerprint density at radius 3 is 2.79 bits per heavy atom. The second-order valence-electron chi connectivity index (χ2n) is 5.76. The molecule has 3 aromatic heterocycles. The molecule has 0 amide bonds. The van der Waals surface area contributed by atoms with E-state index in [0.717, 1.165) is 44.5 Å². The van der Waals surface area contributed by atoms with Crippen molar-refractivity contribution in [3.63, 3.8) is 0 Å². The van der Waals surface area contributed by atoms with Crippen LogP contribution in [0.3, 0.4) is 0 Å². The zero-order valence-electron chi connectivity index (χ0n) is 14.4. The van der Waals surface area contributed by atoms with E-state index in [-0.39, 0.29) is 5.56 Å². The molecular formula is C16H21N5OS2. The maximum atomic E-state index is 13.0. The van der Waals surface area contributed by atoms with Gasteiger partial charge >= 0.3 is 0 Å². The van der Waals surface area contributed by atoms with Crippen LogP contribution in [-0.2, 0) is 19.3 Å². The summed E-state index contributed by atoms with van der Waals surface area (Å²) >= 11 is 3.14. The van der Waals surface area contributed by atoms with Crippen LogP contribution in [0.5, 0.6) is 0 Å². The minimum absolute atomic E-state index is 0.0794. The van der Waals surface area contributed by atoms with E-state index >= 15 is 0 Å². The van der Waals surface area contributed by atoms with Crippen molar-refractivity contribution in [1.29, 1.82) is 0 Å². The van der Waals surface area contributed by atoms with Crippen molar-refractivity contribution in [2.75, 3.05) is 0 Å². The molecule has 0 bridgehead atoms. The highest BCUT2D eigenvalue weighted by atomic mass is 32.2. The molecule has 3 heterocycles. The van der Waals surface area contributed by atoms with E-state index in [1.165, 1.54) is 0 Å². The molecule has 0 radical (unpaired) electrons. The molecular weight excluding hydrogens is 342 g/mol. The standard InChI is InChI=1S/C16H21N5OS2/c1-5-6-7-21-15(22)13-10(2)11(3)24-14(13)19-16(21)23-8-12-17-9-18-20(12)4/h9H,5-8H2,1-4H3. The van der Waals surface area contributed by atoms with Crippen LogP contribution in [0.15, 0.2) is 16.3 Å². The van der Waals surface area contributed by atoms with Gasteiger partial charge < -0.3 is 0 Å². The van der Waals surface area contributed by atoms with Crippen LogP contribution in [-0.4, -0.2) is 24.3 Å². The molecule has 0 fully saturated rings. The zero-order chi connectivity index (χ0) is 17.3. The Labute approximate surface area is 148 Å². The smallest absolute Gasteiger partial charge is 0.263 e. The van der Waals surface area contributed by atoms with Crippen molar-refractivity contribution in [3.8, 4) is 0 Å². The Bertz CT molecular complexity index is 925. The average molecular weight is 364 g/mol. The Balaban J connectivity index is 2.04. The van der Waals surface area contributed by atoms with Gasteiger partial charge in [-0.3, -0.25) is 14.0 Å². The van der Waals surface area contributed by atoms with Crippen molar-refractivity contribution in [2.24, 2.45) is 7.05 Å². The third-order valence-electron chi connectivity index (χ3n) is 4.12. The molecule has 0 unspecified atom stereocenters. The number of thioether (sulfide) groups is 1. The Hall–Kier alpha value is -1.67. The van der Waals surface area contributed by atoms with Gasteiger partial charge in [0, 0.05) is 18.5 Å². The molecule has 0 saturated heterocycles. The predicted molar refractivity (Wildman–Crippen MR) is 98.8 cm³/mol. The molecule has 0 spiro atoms. The maximum Gasteiger partial charge on any atom is 0.263 e. The van der Waals surface area contributed by atoms with E-state index in [4.69, 9.17) is 4.98 Å². The number of aryl methyl sites for hydroxylation is 3. The highest BCUT2D eigenvalue weighted by Gasteiger charge is 2.17. The SMILES string of the molecule is CCCCn1c(SCc2ncnn2C)nc2sc(C)c(C)c2c1=O. The summed E-state index contributed by atoms with van der Waals surface area (Å²) in [5.41, 5.74) is 1.14. The average Bonchev–Trinajstić information content (AvgIpc) is 3.08. The lowest BCUT2D eigenvalue weighted by Crippen LogP contribution is -2.23. The first kappa shape index (κ1) is 17.2. The molecule has 128 valence electrons. The second-order valence-corrected chi connectivity index (χ2v) is 7.90. The summed E-state index contributed by atoms with van der Waals surface area (Å²) in [6.45, 7) is 6.88. The fourth-order valence-corrected chi connectivity index (χ4v) is 4.60. The molecule has 24 heavy (non-hydrogen) atoms. The highest BCUT2D eigenvalue weighted by molar-refractivity contribution is 7.98. The van der Waals surface area contributed by atoms with Gasteiger partial charge in [0.1, 0.15) is 17.0 Å². The van der Waals surface area contributed by atoms with Crippen LogP contribution in [0.1, 0.15) is 36.0 Å². The minimum Gasteiger partial charge on any atom is -0.287 e. The Morgan fingerprint density at radius 1 is 1.33 bits per heavy atom. The van der Waals surface area contributed by atoms with Gasteiger partial charge in [0.25, 0.3) is 5.56 Å². The Morgan fingerprint density at radius 2 is 2.12 bits per heavy atom. The van der Waals surface area contributed by atoms with E-state index in [1.807, 2.05) is 25.5 Å². The molecule has 0 aliphatic rings. The fourth-order valence-electron chi connectivity index (χ4n) is 2.51. The van der Waals surface area contributed by atoms with E-state index in [0.29, 0.717) is 12.3 Å². The molecule has 3 rings (SSSR count). The van der Waals surface area contributed by atoms with Gasteiger partial charge in [-0.25, -0.2) is 9.97 Å². The van der Waals surface area contributed by atoms with Crippen molar-refractivity contribution in [3.05, 3.63) is 32.9 Å². The summed E-state index contributed by atoms with van der Waals surface area (Å²) in [5.74, 6) is 1.51. The number of hydrogen-bond acceptors (Lipinski definition) is 6. The van der Waals surface area contributed by atoms with Gasteiger partial charge in [0.05, 0.1) is 11.1 Å². The monoisotopic (exact) mass is 363 g/mol. The number of aromatic nitrogens is 5. The first-order chi connectivity index (χ1) is 11.5. The molecule has 0 aliphatic heterocycles. The number of nitrogens with zero attached hydrogens (tertiary/aromatic N) is 5. The molecule has 0 aromatic carbocycles. The largest absolute Gasteiger partial charge is 0.287 e. The first-order valence-corrected chi connectivity index (χ1v) is 9.79. The third-order valence-corrected chi connectivity index (χ3v) is 6.20. The van der Waals surface area contributed by atoms with Gasteiger partial charge in [-0.15, -0.1) is 11.3 Å². The number of fused-ring (bicyclic) bond motifs is 1. The Kier molecular flexibility index (Phi) is 5.05. The highest BCUT2D eigenvalue weighted by Crippen LogP contribution is 2.29. The topological polar surface area (TPSA) is 65.6 Å². The van der Waals surface area contributed by atoms with E-state index in [1.54, 1.807) is 34.1 Å². The van der Waals surface area contributed by atoms with E-state index in [2.05, 4.69) is 17.0 Å². The number of rotatable bonds is 6. The lowest BCUT2D eigenvalue weighted by Gasteiger charge is -2.11. The molecule has 8 heteroatoms. The summed E-state index contributed by atoms with van der Waals surface area (Å²) < 4.78 is 3.57. The molecule has 0 saturated carbocycles. The quantitative estimate of drug-likeness (QED) is 0.497. The molecule has 3 aromatic rings. The zero-order valence-corrected chi connectivity index (χ0v) is 16.0. The van der Waals surface area contributed by atoms with Crippen LogP contribution in [0.2, 0.25) is 0 Å². The van der Waals surface area contributed by atoms with Crippen molar-refractivity contribution < 1.29 is 0 Å². The van der Waals surface area contributed by atoms with Gasteiger partial charge in [-0.05, 0) is 25.8 Å². The van der Waals surface area contributed by atoms with Crippen molar-refractivity contribution in [1.82, 2.24) is 24.3 Å². The fraction of sp³-hybridized carbons (Fsp3) is 0.500. The van der Waals surface area contributed by atoms with Crippen molar-refractivity contribution >= 4 is 33.3 Å². The lowest BCUT2D eigenvalue weighted by atomic mass is 10.2. The van der Waals surface area contributed by atoms with Gasteiger partial charge in [-0.1, -0.05) is 25.1 Å². The third kappa shape index (κ3) is 3.12. The molecule has 0 aliphatic carbocycles. The first-order valence-electron chi connectivity index (χ1n) is 7.99. The number of hydrogen-bond donors (Lipinski definition) is 0. The summed E-state index contributed by atoms with van der Waals surface area (Å²) in [5, 5.41) is 5.63. The summed E-state index contributed by atoms with van der Waals surface area (Å²) in [4.78, 5) is 24.0. The second kappa shape index (κ2) is 7.06. The molecule has 6 nitrogen and oxygen atoms in total. The summed E-state index contributed by atoms with van der Waals surface area (Å²) in [6, 6.07) is 0. The van der Waals surface area contributed by atoms with Gasteiger partial charge in [0.15, 0.2) is 5.16 Å². The van der Waals surface area contributed by atoms with Gasteiger partial charge in [-0.2, -0.15) is 5.10 Å². The predicted octanol–water partition coefficient (Wildman–Crippen LogP) is 3.30. The summed E-state index contributed by atoms with van der Waals surface area (Å²) in [7, 11) is 1.87. The van der Waals surface area contributed by atoms with E-state index < -0.39 is 0 Å².